The van der Waals surface area contributed by atoms with E-state index in [0.29, 0.717) is 9.23 Å². The van der Waals surface area contributed by atoms with Crippen molar-refractivity contribution in [2.45, 2.75) is 19.9 Å². The second kappa shape index (κ2) is 8.45. The minimum absolute atomic E-state index is 0.0216. The molecule has 0 spiro atoms. The lowest BCUT2D eigenvalue weighted by atomic mass is 10.1. The highest BCUT2D eigenvalue weighted by Crippen LogP contribution is 2.36. The topological polar surface area (TPSA) is 47.4 Å². The molecule has 0 atom stereocenters. The van der Waals surface area contributed by atoms with Gasteiger partial charge in [0.1, 0.15) is 15.8 Å². The van der Waals surface area contributed by atoms with E-state index in [1.165, 1.54) is 11.8 Å². The van der Waals surface area contributed by atoms with Gasteiger partial charge in [-0.15, -0.1) is 0 Å². The Bertz CT molecular complexity index is 1140. The number of rotatable bonds is 5. The summed E-state index contributed by atoms with van der Waals surface area (Å²) in [6.45, 7) is 3.92. The molecule has 3 aromatic rings. The summed E-state index contributed by atoms with van der Waals surface area (Å²) in [5, 5.41) is 4.82. The van der Waals surface area contributed by atoms with E-state index in [1.54, 1.807) is 12.0 Å². The van der Waals surface area contributed by atoms with Crippen LogP contribution in [0.5, 0.6) is 5.75 Å². The predicted molar refractivity (Wildman–Crippen MR) is 126 cm³/mol. The van der Waals surface area contributed by atoms with Gasteiger partial charge in [0.05, 0.1) is 17.7 Å². The standard InChI is InChI=1S/C23H21N3O2S2/c1-15(2)26-22(27)20(30-23(26)29)13-17-14-25(18-9-5-4-6-10-18)24-21(17)16-8-7-11-19(12-16)28-3/h4-15H,1-3H3. The molecule has 0 aliphatic carbocycles. The highest BCUT2D eigenvalue weighted by molar-refractivity contribution is 8.26. The molecule has 0 N–H and O–H groups in total. The summed E-state index contributed by atoms with van der Waals surface area (Å²) in [5.74, 6) is 0.683. The van der Waals surface area contributed by atoms with Crippen molar-refractivity contribution in [2.24, 2.45) is 0 Å². The van der Waals surface area contributed by atoms with E-state index < -0.39 is 0 Å². The van der Waals surface area contributed by atoms with Crippen molar-refractivity contribution in [1.29, 1.82) is 0 Å². The van der Waals surface area contributed by atoms with Gasteiger partial charge in [0, 0.05) is 23.4 Å². The Morgan fingerprint density at radius 1 is 1.13 bits per heavy atom. The quantitative estimate of drug-likeness (QED) is 0.409. The van der Waals surface area contributed by atoms with E-state index in [-0.39, 0.29) is 11.9 Å². The minimum atomic E-state index is -0.0657. The Kier molecular flexibility index (Phi) is 5.74. The molecule has 1 aliphatic rings. The Labute approximate surface area is 185 Å². The number of benzene rings is 2. The van der Waals surface area contributed by atoms with Crippen molar-refractivity contribution >= 4 is 40.3 Å². The van der Waals surface area contributed by atoms with Crippen LogP contribution in [0.25, 0.3) is 23.0 Å². The maximum atomic E-state index is 12.9. The molecule has 5 nitrogen and oxygen atoms in total. The summed E-state index contributed by atoms with van der Waals surface area (Å²) < 4.78 is 7.79. The van der Waals surface area contributed by atoms with Gasteiger partial charge in [-0.25, -0.2) is 4.68 Å². The zero-order valence-electron chi connectivity index (χ0n) is 16.9. The highest BCUT2D eigenvalue weighted by Gasteiger charge is 2.34. The van der Waals surface area contributed by atoms with Crippen LogP contribution < -0.4 is 4.74 Å². The van der Waals surface area contributed by atoms with Crippen molar-refractivity contribution in [3.63, 3.8) is 0 Å². The van der Waals surface area contributed by atoms with E-state index in [9.17, 15) is 4.79 Å². The number of carbonyl (C=O) groups excluding carboxylic acids is 1. The molecular weight excluding hydrogens is 414 g/mol. The van der Waals surface area contributed by atoms with Crippen molar-refractivity contribution in [2.75, 3.05) is 7.11 Å². The normalized spacial score (nSPS) is 15.5. The van der Waals surface area contributed by atoms with Gasteiger partial charge >= 0.3 is 0 Å². The molecule has 0 radical (unpaired) electrons. The van der Waals surface area contributed by atoms with Gasteiger partial charge < -0.3 is 4.74 Å². The summed E-state index contributed by atoms with van der Waals surface area (Å²) in [4.78, 5) is 15.1. The first-order valence-electron chi connectivity index (χ1n) is 9.54. The number of nitrogens with zero attached hydrogens (tertiary/aromatic N) is 3. The van der Waals surface area contributed by atoms with Crippen LogP contribution in [0.2, 0.25) is 0 Å². The molecule has 0 bridgehead atoms. The molecule has 0 saturated carbocycles. The van der Waals surface area contributed by atoms with E-state index >= 15 is 0 Å². The van der Waals surface area contributed by atoms with Crippen LogP contribution in [0, 0.1) is 0 Å². The highest BCUT2D eigenvalue weighted by atomic mass is 32.2. The Balaban J connectivity index is 1.83. The Morgan fingerprint density at radius 3 is 2.57 bits per heavy atom. The fourth-order valence-electron chi connectivity index (χ4n) is 3.27. The Morgan fingerprint density at radius 2 is 1.90 bits per heavy atom. The number of thiocarbonyl (C=S) groups is 1. The van der Waals surface area contributed by atoms with Gasteiger partial charge in [-0.05, 0) is 44.2 Å². The fourth-order valence-corrected chi connectivity index (χ4v) is 4.78. The van der Waals surface area contributed by atoms with Crippen molar-refractivity contribution in [3.05, 3.63) is 71.3 Å². The number of thioether (sulfide) groups is 1. The second-order valence-corrected chi connectivity index (χ2v) is 8.77. The largest absolute Gasteiger partial charge is 0.497 e. The minimum Gasteiger partial charge on any atom is -0.497 e. The lowest BCUT2D eigenvalue weighted by Gasteiger charge is -2.18. The molecule has 2 aromatic carbocycles. The van der Waals surface area contributed by atoms with Crippen LogP contribution in [0.1, 0.15) is 19.4 Å². The maximum absolute atomic E-state index is 12.9. The van der Waals surface area contributed by atoms with Gasteiger partial charge in [0.15, 0.2) is 0 Å². The average molecular weight is 436 g/mol. The lowest BCUT2D eigenvalue weighted by Crippen LogP contribution is -2.34. The number of carbonyl (C=O) groups is 1. The molecule has 1 aromatic heterocycles. The summed E-state index contributed by atoms with van der Waals surface area (Å²) in [5.41, 5.74) is 3.47. The zero-order valence-corrected chi connectivity index (χ0v) is 18.5. The first-order chi connectivity index (χ1) is 14.5. The fraction of sp³-hybridized carbons (Fsp3) is 0.174. The van der Waals surface area contributed by atoms with Gasteiger partial charge in [-0.3, -0.25) is 9.69 Å². The van der Waals surface area contributed by atoms with E-state index in [4.69, 9.17) is 22.1 Å². The molecule has 1 aliphatic heterocycles. The third-order valence-electron chi connectivity index (χ3n) is 4.73. The molecule has 152 valence electrons. The monoisotopic (exact) mass is 435 g/mol. The predicted octanol–water partition coefficient (Wildman–Crippen LogP) is 5.16. The van der Waals surface area contributed by atoms with Gasteiger partial charge in [0.2, 0.25) is 0 Å². The molecule has 2 heterocycles. The van der Waals surface area contributed by atoms with Crippen molar-refractivity contribution in [1.82, 2.24) is 14.7 Å². The number of hydrogen-bond donors (Lipinski definition) is 0. The van der Waals surface area contributed by atoms with Crippen LogP contribution in [0.3, 0.4) is 0 Å². The van der Waals surface area contributed by atoms with E-state index in [1.807, 2.05) is 85.4 Å². The molecule has 1 saturated heterocycles. The third kappa shape index (κ3) is 3.91. The van der Waals surface area contributed by atoms with Crippen molar-refractivity contribution < 1.29 is 9.53 Å². The third-order valence-corrected chi connectivity index (χ3v) is 6.06. The van der Waals surface area contributed by atoms with Crippen LogP contribution in [0.4, 0.5) is 0 Å². The Hall–Kier alpha value is -2.90. The molecule has 1 fully saturated rings. The van der Waals surface area contributed by atoms with Gasteiger partial charge in [0.25, 0.3) is 5.91 Å². The number of aromatic nitrogens is 2. The summed E-state index contributed by atoms with van der Waals surface area (Å²) in [6.07, 6.45) is 3.81. The van der Waals surface area contributed by atoms with Crippen LogP contribution in [-0.4, -0.2) is 38.1 Å². The number of ether oxygens (including phenoxy) is 1. The van der Waals surface area contributed by atoms with Crippen LogP contribution in [-0.2, 0) is 4.79 Å². The lowest BCUT2D eigenvalue weighted by molar-refractivity contribution is -0.123. The summed E-state index contributed by atoms with van der Waals surface area (Å²) in [6, 6.07) is 17.6. The number of hydrogen-bond acceptors (Lipinski definition) is 5. The number of methoxy groups -OCH3 is 1. The summed E-state index contributed by atoms with van der Waals surface area (Å²) in [7, 11) is 1.64. The van der Waals surface area contributed by atoms with E-state index in [2.05, 4.69) is 0 Å². The van der Waals surface area contributed by atoms with E-state index in [0.717, 1.165) is 28.3 Å². The van der Waals surface area contributed by atoms with Gasteiger partial charge in [-0.1, -0.05) is 54.3 Å². The van der Waals surface area contributed by atoms with Crippen molar-refractivity contribution in [3.8, 4) is 22.7 Å². The first kappa shape index (κ1) is 20.4. The van der Waals surface area contributed by atoms with Crippen LogP contribution in [0.15, 0.2) is 65.7 Å². The number of amides is 1. The van der Waals surface area contributed by atoms with Crippen LogP contribution >= 0.6 is 24.0 Å². The summed E-state index contributed by atoms with van der Waals surface area (Å²) >= 11 is 6.75. The maximum Gasteiger partial charge on any atom is 0.266 e. The molecule has 7 heteroatoms. The SMILES string of the molecule is COc1cccc(-c2nn(-c3ccccc3)cc2C=C2SC(=S)N(C(C)C)C2=O)c1. The molecule has 30 heavy (non-hydrogen) atoms. The molecule has 4 rings (SSSR count). The first-order valence-corrected chi connectivity index (χ1v) is 10.8. The molecule has 1 amide bonds. The average Bonchev–Trinajstić information content (AvgIpc) is 3.29. The second-order valence-electron chi connectivity index (χ2n) is 7.09. The van der Waals surface area contributed by atoms with Gasteiger partial charge in [-0.2, -0.15) is 5.10 Å². The zero-order chi connectivity index (χ0) is 21.3. The number of para-hydroxylation sites is 1. The molecular formula is C23H21N3O2S2. The molecule has 0 unspecified atom stereocenters. The smallest absolute Gasteiger partial charge is 0.266 e.